The SMILES string of the molecule is Cc1ccc2c(c1)Oc1cc(C)ccc1N2c1ccc(-c2ccc3c(c2)B(c2c(C(C)C)cc(C(C)C)cc2C(C)C)c2ccccc2B3c2c(C(C)C)cc(C(C)C)cc2C(C)C)cc1. The summed E-state index contributed by atoms with van der Waals surface area (Å²) in [7, 11) is 0. The predicted molar refractivity (Wildman–Crippen MR) is 289 cm³/mol. The molecule has 0 saturated carbocycles. The summed E-state index contributed by atoms with van der Waals surface area (Å²) in [5.41, 5.74) is 25.6. The van der Waals surface area contributed by atoms with E-state index >= 15 is 0 Å². The van der Waals surface area contributed by atoms with Crippen LogP contribution >= 0.6 is 0 Å². The lowest BCUT2D eigenvalue weighted by atomic mass is 9.20. The maximum atomic E-state index is 6.53. The Balaban J connectivity index is 1.29. The molecular formula is C62H69B2NO. The van der Waals surface area contributed by atoms with Gasteiger partial charge in [0.2, 0.25) is 13.4 Å². The van der Waals surface area contributed by atoms with Gasteiger partial charge in [0.1, 0.15) is 0 Å². The summed E-state index contributed by atoms with van der Waals surface area (Å²) < 4.78 is 6.53. The van der Waals surface area contributed by atoms with Crippen molar-refractivity contribution in [2.24, 2.45) is 0 Å². The first-order valence-electron chi connectivity index (χ1n) is 24.9. The van der Waals surface area contributed by atoms with Gasteiger partial charge in [-0.05, 0) is 141 Å². The second kappa shape index (κ2) is 17.8. The van der Waals surface area contributed by atoms with Crippen LogP contribution in [0.25, 0.3) is 11.1 Å². The van der Waals surface area contributed by atoms with Crippen LogP contribution in [0.2, 0.25) is 0 Å². The zero-order chi connectivity index (χ0) is 46.9. The summed E-state index contributed by atoms with van der Waals surface area (Å²) in [6.07, 6.45) is 0. The van der Waals surface area contributed by atoms with Gasteiger partial charge in [-0.25, -0.2) is 0 Å². The van der Waals surface area contributed by atoms with E-state index in [0.29, 0.717) is 35.5 Å². The molecule has 0 saturated heterocycles. The molecule has 0 fully saturated rings. The first-order chi connectivity index (χ1) is 31.5. The molecule has 0 aliphatic carbocycles. The van der Waals surface area contributed by atoms with Crippen molar-refractivity contribution in [3.8, 4) is 22.6 Å². The summed E-state index contributed by atoms with van der Waals surface area (Å²) in [6.45, 7) is 33.0. The highest BCUT2D eigenvalue weighted by molar-refractivity contribution is 7.11. The standard InChI is InChI=1S/C62H69B2NO/c1-36(2)46-31-49(38(5)6)61(50(32-46)39(7)8)63-53-17-15-16-18-54(53)64(62-51(40(9)10)33-47(37(3)4)34-52(62)41(11)12)56-35-45(23-26-55(56)63)44-21-24-48(25-22-44)65-57-27-19-42(13)29-59(57)66-60-30-43(14)20-28-58(60)65/h15-41H,1-14H3. The largest absolute Gasteiger partial charge is 0.453 e. The van der Waals surface area contributed by atoms with Gasteiger partial charge in [-0.15, -0.1) is 0 Å². The number of fused-ring (bicyclic) bond motifs is 4. The molecule has 9 rings (SSSR count). The zero-order valence-electron chi connectivity index (χ0n) is 42.1. The van der Waals surface area contributed by atoms with E-state index in [2.05, 4.69) is 229 Å². The molecule has 0 unspecified atom stereocenters. The van der Waals surface area contributed by atoms with Crippen molar-refractivity contribution in [1.29, 1.82) is 0 Å². The van der Waals surface area contributed by atoms with E-state index in [1.54, 1.807) is 0 Å². The third kappa shape index (κ3) is 8.03. The first kappa shape index (κ1) is 45.4. The number of rotatable bonds is 10. The minimum absolute atomic E-state index is 0.0795. The molecule has 334 valence electrons. The predicted octanol–water partition coefficient (Wildman–Crippen LogP) is 13.6. The van der Waals surface area contributed by atoms with Crippen LogP contribution in [0.3, 0.4) is 0 Å². The smallest absolute Gasteiger partial charge is 0.240 e. The molecule has 0 aromatic heterocycles. The van der Waals surface area contributed by atoms with Gasteiger partial charge < -0.3 is 9.64 Å². The summed E-state index contributed by atoms with van der Waals surface area (Å²) >= 11 is 0. The highest BCUT2D eigenvalue weighted by Gasteiger charge is 2.43. The Kier molecular flexibility index (Phi) is 12.3. The van der Waals surface area contributed by atoms with E-state index in [9.17, 15) is 0 Å². The monoisotopic (exact) mass is 866 g/mol. The van der Waals surface area contributed by atoms with Crippen LogP contribution in [0.15, 0.2) is 127 Å². The lowest BCUT2D eigenvalue weighted by Gasteiger charge is -2.37. The average Bonchev–Trinajstić information content (AvgIpc) is 3.28. The van der Waals surface area contributed by atoms with Gasteiger partial charge in [-0.3, -0.25) is 0 Å². The highest BCUT2D eigenvalue weighted by atomic mass is 16.5. The molecule has 4 heteroatoms. The van der Waals surface area contributed by atoms with Crippen LogP contribution in [-0.4, -0.2) is 13.4 Å². The quantitative estimate of drug-likeness (QED) is 0.127. The summed E-state index contributed by atoms with van der Waals surface area (Å²) in [5.74, 6) is 4.17. The molecular weight excluding hydrogens is 796 g/mol. The van der Waals surface area contributed by atoms with Gasteiger partial charge in [-0.1, -0.05) is 207 Å². The number of ether oxygens (including phenoxy) is 1. The summed E-state index contributed by atoms with van der Waals surface area (Å²) in [4.78, 5) is 2.35. The molecule has 0 bridgehead atoms. The van der Waals surface area contributed by atoms with Crippen LogP contribution in [0.4, 0.5) is 17.1 Å². The van der Waals surface area contributed by atoms with Crippen molar-refractivity contribution in [3.63, 3.8) is 0 Å². The first-order valence-corrected chi connectivity index (χ1v) is 24.9. The molecule has 7 aromatic carbocycles. The minimum Gasteiger partial charge on any atom is -0.453 e. The zero-order valence-corrected chi connectivity index (χ0v) is 42.1. The Morgan fingerprint density at radius 1 is 0.379 bits per heavy atom. The van der Waals surface area contributed by atoms with E-state index in [-0.39, 0.29) is 13.4 Å². The second-order valence-corrected chi connectivity index (χ2v) is 21.4. The van der Waals surface area contributed by atoms with Crippen molar-refractivity contribution in [1.82, 2.24) is 0 Å². The van der Waals surface area contributed by atoms with Crippen molar-refractivity contribution >= 4 is 63.3 Å². The minimum atomic E-state index is 0.0795. The van der Waals surface area contributed by atoms with Gasteiger partial charge in [0.05, 0.1) is 11.4 Å². The van der Waals surface area contributed by atoms with Crippen LogP contribution in [0.1, 0.15) is 163 Å². The fraction of sp³-hybridized carbons (Fsp3) is 0.323. The van der Waals surface area contributed by atoms with E-state index in [1.165, 1.54) is 88.4 Å². The second-order valence-electron chi connectivity index (χ2n) is 21.4. The number of anilines is 3. The maximum absolute atomic E-state index is 6.53. The molecule has 0 amide bonds. The molecule has 7 aromatic rings. The Morgan fingerprint density at radius 3 is 1.18 bits per heavy atom. The normalized spacial score (nSPS) is 13.2. The molecule has 0 atom stereocenters. The topological polar surface area (TPSA) is 12.5 Å². The van der Waals surface area contributed by atoms with Crippen LogP contribution < -0.4 is 42.4 Å². The molecule has 2 heterocycles. The maximum Gasteiger partial charge on any atom is 0.240 e. The van der Waals surface area contributed by atoms with Gasteiger partial charge in [0, 0.05) is 5.69 Å². The Labute approximate surface area is 398 Å². The average molecular weight is 866 g/mol. The Bertz CT molecular complexity index is 2840. The molecule has 2 aliphatic heterocycles. The van der Waals surface area contributed by atoms with E-state index in [1.807, 2.05) is 0 Å². The summed E-state index contributed by atoms with van der Waals surface area (Å²) in [5, 5.41) is 0. The number of nitrogens with zero attached hydrogens (tertiary/aromatic N) is 1. The number of hydrogen-bond acceptors (Lipinski definition) is 2. The van der Waals surface area contributed by atoms with Crippen molar-refractivity contribution in [2.45, 2.75) is 132 Å². The van der Waals surface area contributed by atoms with Crippen molar-refractivity contribution in [3.05, 3.63) is 172 Å². The van der Waals surface area contributed by atoms with E-state index < -0.39 is 0 Å². The lowest BCUT2D eigenvalue weighted by Crippen LogP contribution is -2.76. The third-order valence-corrected chi connectivity index (χ3v) is 14.6. The number of aryl methyl sites for hydroxylation is 2. The Morgan fingerprint density at radius 2 is 0.773 bits per heavy atom. The van der Waals surface area contributed by atoms with Crippen LogP contribution in [0, 0.1) is 13.8 Å². The fourth-order valence-corrected chi connectivity index (χ4v) is 11.1. The van der Waals surface area contributed by atoms with Gasteiger partial charge in [-0.2, -0.15) is 0 Å². The van der Waals surface area contributed by atoms with Crippen LogP contribution in [-0.2, 0) is 0 Å². The molecule has 0 spiro atoms. The number of hydrogen-bond donors (Lipinski definition) is 0. The van der Waals surface area contributed by atoms with Crippen molar-refractivity contribution < 1.29 is 4.74 Å². The molecule has 0 N–H and O–H groups in total. The van der Waals surface area contributed by atoms with Crippen LogP contribution in [0.5, 0.6) is 11.5 Å². The van der Waals surface area contributed by atoms with Gasteiger partial charge in [0.25, 0.3) is 0 Å². The summed E-state index contributed by atoms with van der Waals surface area (Å²) in [6, 6.07) is 49.5. The Hall–Kier alpha value is -5.73. The molecule has 66 heavy (non-hydrogen) atoms. The highest BCUT2D eigenvalue weighted by Crippen LogP contribution is 2.51. The van der Waals surface area contributed by atoms with Gasteiger partial charge >= 0.3 is 0 Å². The third-order valence-electron chi connectivity index (χ3n) is 14.6. The fourth-order valence-electron chi connectivity index (χ4n) is 11.1. The number of benzene rings is 7. The lowest BCUT2D eigenvalue weighted by molar-refractivity contribution is 0.476. The van der Waals surface area contributed by atoms with E-state index in [4.69, 9.17) is 4.74 Å². The molecule has 2 nitrogen and oxygen atoms in total. The van der Waals surface area contributed by atoms with Crippen molar-refractivity contribution in [2.75, 3.05) is 4.90 Å². The van der Waals surface area contributed by atoms with Gasteiger partial charge in [0.15, 0.2) is 11.5 Å². The van der Waals surface area contributed by atoms with E-state index in [0.717, 1.165) is 28.6 Å². The molecule has 2 aliphatic rings. The molecule has 0 radical (unpaired) electrons.